The van der Waals surface area contributed by atoms with Crippen molar-refractivity contribution in [1.82, 2.24) is 4.90 Å². The Morgan fingerprint density at radius 2 is 1.90 bits per heavy atom. The molecular weight excluding hydrogens is 288 g/mol. The van der Waals surface area contributed by atoms with Gasteiger partial charge in [-0.25, -0.2) is 8.42 Å². The van der Waals surface area contributed by atoms with Crippen LogP contribution in [0.15, 0.2) is 23.1 Å². The summed E-state index contributed by atoms with van der Waals surface area (Å²) < 4.78 is 23.3. The van der Waals surface area contributed by atoms with Gasteiger partial charge in [-0.2, -0.15) is 0 Å². The third kappa shape index (κ3) is 3.56. The van der Waals surface area contributed by atoms with Crippen LogP contribution in [0.1, 0.15) is 37.0 Å². The van der Waals surface area contributed by atoms with Crippen molar-refractivity contribution in [2.45, 2.75) is 37.6 Å². The highest BCUT2D eigenvalue weighted by Gasteiger charge is 2.28. The van der Waals surface area contributed by atoms with Crippen LogP contribution in [0.5, 0.6) is 0 Å². The summed E-state index contributed by atoms with van der Waals surface area (Å²) >= 11 is 0. The van der Waals surface area contributed by atoms with Gasteiger partial charge in [-0.3, -0.25) is 4.79 Å². The first-order chi connectivity index (χ1) is 9.68. The number of piperidine rings is 1. The molecule has 0 radical (unpaired) electrons. The molecule has 2 N–H and O–H groups in total. The van der Waals surface area contributed by atoms with Crippen molar-refractivity contribution in [3.8, 4) is 0 Å². The summed E-state index contributed by atoms with van der Waals surface area (Å²) in [5, 5.41) is 0. The van der Waals surface area contributed by atoms with Crippen molar-refractivity contribution < 1.29 is 13.2 Å². The number of likely N-dealkylation sites (tertiary alicyclic amines) is 1. The van der Waals surface area contributed by atoms with Crippen LogP contribution in [0.25, 0.3) is 0 Å². The van der Waals surface area contributed by atoms with E-state index in [2.05, 4.69) is 6.92 Å². The molecule has 1 aliphatic rings. The lowest BCUT2D eigenvalue weighted by atomic mass is 9.94. The topological polar surface area (TPSA) is 80.5 Å². The number of nitrogens with two attached hydrogens (primary N) is 1. The molecule has 2 unspecified atom stereocenters. The summed E-state index contributed by atoms with van der Waals surface area (Å²) in [6.07, 6.45) is 3.19. The van der Waals surface area contributed by atoms with E-state index < -0.39 is 9.84 Å². The average molecular weight is 310 g/mol. The van der Waals surface area contributed by atoms with E-state index in [1.807, 2.05) is 11.8 Å². The van der Waals surface area contributed by atoms with Gasteiger partial charge in [0.2, 0.25) is 0 Å². The number of sulfone groups is 1. The smallest absolute Gasteiger partial charge is 0.254 e. The van der Waals surface area contributed by atoms with Crippen molar-refractivity contribution in [1.29, 1.82) is 0 Å². The van der Waals surface area contributed by atoms with E-state index in [-0.39, 0.29) is 16.8 Å². The van der Waals surface area contributed by atoms with E-state index in [0.29, 0.717) is 23.7 Å². The fourth-order valence-electron chi connectivity index (χ4n) is 2.70. The molecule has 5 nitrogen and oxygen atoms in total. The number of carbonyl (C=O) groups excluding carboxylic acids is 1. The van der Waals surface area contributed by atoms with Gasteiger partial charge in [0.25, 0.3) is 5.91 Å². The summed E-state index contributed by atoms with van der Waals surface area (Å²) in [6.45, 7) is 4.84. The molecule has 0 bridgehead atoms. The Labute approximate surface area is 126 Å². The van der Waals surface area contributed by atoms with Gasteiger partial charge in [-0.1, -0.05) is 6.92 Å². The van der Waals surface area contributed by atoms with E-state index in [1.54, 1.807) is 6.07 Å². The first kappa shape index (κ1) is 15.8. The SMILES string of the molecule is CC1CCC(C)N(C(=O)c2cc(N)cc(S(C)(=O)=O)c2)C1. The molecule has 116 valence electrons. The fraction of sp³-hybridized carbons (Fsp3) is 0.533. The Balaban J connectivity index is 2.37. The molecule has 1 amide bonds. The zero-order valence-corrected chi connectivity index (χ0v) is 13.5. The third-order valence-electron chi connectivity index (χ3n) is 3.98. The maximum Gasteiger partial charge on any atom is 0.254 e. The molecule has 1 aromatic rings. The number of anilines is 1. The minimum atomic E-state index is -3.39. The van der Waals surface area contributed by atoms with Gasteiger partial charge in [0.05, 0.1) is 4.90 Å². The number of benzene rings is 1. The highest BCUT2D eigenvalue weighted by molar-refractivity contribution is 7.90. The summed E-state index contributed by atoms with van der Waals surface area (Å²) in [4.78, 5) is 14.6. The first-order valence-electron chi connectivity index (χ1n) is 7.10. The minimum Gasteiger partial charge on any atom is -0.399 e. The number of hydrogen-bond acceptors (Lipinski definition) is 4. The van der Waals surface area contributed by atoms with E-state index >= 15 is 0 Å². The predicted octanol–water partition coefficient (Wildman–Crippen LogP) is 1.93. The molecule has 21 heavy (non-hydrogen) atoms. The number of hydrogen-bond donors (Lipinski definition) is 1. The number of carbonyl (C=O) groups is 1. The van der Waals surface area contributed by atoms with Crippen molar-refractivity contribution >= 4 is 21.4 Å². The second-order valence-electron chi connectivity index (χ2n) is 6.05. The predicted molar refractivity (Wildman–Crippen MR) is 82.9 cm³/mol. The Bertz CT molecular complexity index is 655. The molecule has 0 spiro atoms. The van der Waals surface area contributed by atoms with E-state index in [4.69, 9.17) is 5.73 Å². The van der Waals surface area contributed by atoms with Crippen LogP contribution in [-0.4, -0.2) is 38.1 Å². The Hall–Kier alpha value is -1.56. The van der Waals surface area contributed by atoms with Crippen LogP contribution in [0, 0.1) is 5.92 Å². The Morgan fingerprint density at radius 3 is 2.52 bits per heavy atom. The van der Waals surface area contributed by atoms with E-state index in [0.717, 1.165) is 19.1 Å². The molecule has 1 aromatic carbocycles. The van der Waals surface area contributed by atoms with Crippen LogP contribution in [0.2, 0.25) is 0 Å². The van der Waals surface area contributed by atoms with Crippen LogP contribution in [0.3, 0.4) is 0 Å². The fourth-order valence-corrected chi connectivity index (χ4v) is 3.39. The number of amides is 1. The number of rotatable bonds is 2. The first-order valence-corrected chi connectivity index (χ1v) is 8.99. The Morgan fingerprint density at radius 1 is 1.24 bits per heavy atom. The lowest BCUT2D eigenvalue weighted by Crippen LogP contribution is -2.45. The van der Waals surface area contributed by atoms with Crippen molar-refractivity contribution in [3.05, 3.63) is 23.8 Å². The lowest BCUT2D eigenvalue weighted by molar-refractivity contribution is 0.0574. The van der Waals surface area contributed by atoms with E-state index in [1.165, 1.54) is 12.1 Å². The number of nitrogens with zero attached hydrogens (tertiary/aromatic N) is 1. The molecule has 1 saturated heterocycles. The second-order valence-corrected chi connectivity index (χ2v) is 8.07. The van der Waals surface area contributed by atoms with Crippen molar-refractivity contribution in [3.63, 3.8) is 0 Å². The molecule has 2 atom stereocenters. The van der Waals surface area contributed by atoms with Crippen molar-refractivity contribution in [2.24, 2.45) is 5.92 Å². The van der Waals surface area contributed by atoms with Crippen molar-refractivity contribution in [2.75, 3.05) is 18.5 Å². The largest absolute Gasteiger partial charge is 0.399 e. The maximum absolute atomic E-state index is 12.7. The monoisotopic (exact) mass is 310 g/mol. The van der Waals surface area contributed by atoms with Gasteiger partial charge in [0.1, 0.15) is 0 Å². The summed E-state index contributed by atoms with van der Waals surface area (Å²) in [7, 11) is -3.39. The van der Waals surface area contributed by atoms with Gasteiger partial charge in [0.15, 0.2) is 9.84 Å². The van der Waals surface area contributed by atoms with E-state index in [9.17, 15) is 13.2 Å². The Kier molecular flexibility index (Phi) is 4.27. The maximum atomic E-state index is 12.7. The molecule has 1 heterocycles. The van der Waals surface area contributed by atoms with Crippen LogP contribution >= 0.6 is 0 Å². The summed E-state index contributed by atoms with van der Waals surface area (Å²) in [5.41, 5.74) is 6.38. The highest BCUT2D eigenvalue weighted by atomic mass is 32.2. The quantitative estimate of drug-likeness (QED) is 0.846. The summed E-state index contributed by atoms with van der Waals surface area (Å²) in [5.74, 6) is 0.312. The zero-order valence-electron chi connectivity index (χ0n) is 12.7. The number of nitrogen functional groups attached to an aromatic ring is 1. The van der Waals surface area contributed by atoms with Crippen LogP contribution in [0.4, 0.5) is 5.69 Å². The van der Waals surface area contributed by atoms with Gasteiger partial charge in [-0.05, 0) is 43.9 Å². The molecule has 2 rings (SSSR count). The van der Waals surface area contributed by atoms with Crippen LogP contribution in [-0.2, 0) is 9.84 Å². The molecule has 6 heteroatoms. The molecular formula is C15H22N2O3S. The molecule has 1 aliphatic heterocycles. The molecule has 0 aromatic heterocycles. The average Bonchev–Trinajstić information content (AvgIpc) is 2.39. The third-order valence-corrected chi connectivity index (χ3v) is 5.07. The minimum absolute atomic E-state index is 0.0866. The zero-order chi connectivity index (χ0) is 15.8. The van der Waals surface area contributed by atoms with Gasteiger partial charge < -0.3 is 10.6 Å². The van der Waals surface area contributed by atoms with Gasteiger partial charge >= 0.3 is 0 Å². The lowest BCUT2D eigenvalue weighted by Gasteiger charge is -2.37. The van der Waals surface area contributed by atoms with Crippen LogP contribution < -0.4 is 5.73 Å². The summed E-state index contributed by atoms with van der Waals surface area (Å²) in [6, 6.07) is 4.51. The molecule has 1 fully saturated rings. The highest BCUT2D eigenvalue weighted by Crippen LogP contribution is 2.25. The van der Waals surface area contributed by atoms with Gasteiger partial charge in [-0.15, -0.1) is 0 Å². The standard InChI is InChI=1S/C15H22N2O3S/c1-10-4-5-11(2)17(9-10)15(18)12-6-13(16)8-14(7-12)21(3,19)20/h6-8,10-11H,4-5,9,16H2,1-3H3. The molecule has 0 saturated carbocycles. The second kappa shape index (κ2) is 5.67. The molecule has 0 aliphatic carbocycles. The normalized spacial score (nSPS) is 23.1. The van der Waals surface area contributed by atoms with Gasteiger partial charge in [0, 0.05) is 30.1 Å².